The summed E-state index contributed by atoms with van der Waals surface area (Å²) in [5, 5.41) is 10.8. The van der Waals surface area contributed by atoms with E-state index in [1.165, 1.54) is 6.42 Å². The molecule has 2 aliphatic heterocycles. The van der Waals surface area contributed by atoms with Crippen LogP contribution in [0.2, 0.25) is 0 Å². The Bertz CT molecular complexity index is 269. The van der Waals surface area contributed by atoms with Crippen LogP contribution in [0.1, 0.15) is 39.0 Å². The molecular formula is C11H18O2S. The zero-order valence-corrected chi connectivity index (χ0v) is 9.48. The molecule has 3 heteroatoms. The zero-order valence-electron chi connectivity index (χ0n) is 8.66. The van der Waals surface area contributed by atoms with Gasteiger partial charge in [-0.3, -0.25) is 4.21 Å². The maximum Gasteiger partial charge on any atom is 0.0874 e. The Balaban J connectivity index is 2.22. The van der Waals surface area contributed by atoms with Gasteiger partial charge in [-0.2, -0.15) is 0 Å². The normalized spacial score (nSPS) is 47.4. The van der Waals surface area contributed by atoms with E-state index in [0.29, 0.717) is 12.8 Å². The Morgan fingerprint density at radius 3 is 2.36 bits per heavy atom. The molecule has 0 aromatic heterocycles. The smallest absolute Gasteiger partial charge is 0.0874 e. The SMILES string of the molecule is C=C(C)C1(O)CC2CCCC(C1)S2=O. The van der Waals surface area contributed by atoms with Crippen LogP contribution in [-0.2, 0) is 10.8 Å². The van der Waals surface area contributed by atoms with Crippen molar-refractivity contribution in [3.63, 3.8) is 0 Å². The molecule has 2 rings (SSSR count). The molecule has 2 heterocycles. The molecule has 0 spiro atoms. The lowest BCUT2D eigenvalue weighted by atomic mass is 9.81. The summed E-state index contributed by atoms with van der Waals surface area (Å²) in [5.74, 6) is 0. The second kappa shape index (κ2) is 3.46. The highest BCUT2D eigenvalue weighted by Gasteiger charge is 2.45. The van der Waals surface area contributed by atoms with Crippen molar-refractivity contribution < 1.29 is 9.32 Å². The quantitative estimate of drug-likeness (QED) is 0.675. The second-order valence-electron chi connectivity index (χ2n) is 4.72. The Hall–Kier alpha value is -0.150. The van der Waals surface area contributed by atoms with Crippen molar-refractivity contribution in [2.24, 2.45) is 0 Å². The van der Waals surface area contributed by atoms with Gasteiger partial charge in [-0.25, -0.2) is 0 Å². The summed E-state index contributed by atoms with van der Waals surface area (Å²) in [5.41, 5.74) is 0.107. The van der Waals surface area contributed by atoms with Crippen LogP contribution in [0.25, 0.3) is 0 Å². The summed E-state index contributed by atoms with van der Waals surface area (Å²) < 4.78 is 11.9. The predicted octanol–water partition coefficient (Wildman–Crippen LogP) is 1.76. The van der Waals surface area contributed by atoms with E-state index in [4.69, 9.17) is 0 Å². The third-order valence-electron chi connectivity index (χ3n) is 3.63. The molecule has 0 aliphatic carbocycles. The first-order chi connectivity index (χ1) is 6.53. The molecule has 0 radical (unpaired) electrons. The summed E-state index contributed by atoms with van der Waals surface area (Å²) in [7, 11) is -0.700. The third-order valence-corrected chi connectivity index (χ3v) is 5.75. The minimum Gasteiger partial charge on any atom is -0.385 e. The Morgan fingerprint density at radius 2 is 1.93 bits per heavy atom. The topological polar surface area (TPSA) is 37.3 Å². The minimum absolute atomic E-state index is 0.212. The standard InChI is InChI=1S/C11H18O2S/c1-8(2)11(12)6-9-4-3-5-10(7-11)14(9)13/h9-10,12H,1,3-7H2,2H3. The Kier molecular flexibility index (Phi) is 2.56. The van der Waals surface area contributed by atoms with Gasteiger partial charge in [-0.15, -0.1) is 0 Å². The van der Waals surface area contributed by atoms with E-state index in [1.807, 2.05) is 6.92 Å². The van der Waals surface area contributed by atoms with Gasteiger partial charge in [0, 0.05) is 21.3 Å². The Morgan fingerprint density at radius 1 is 1.43 bits per heavy atom. The van der Waals surface area contributed by atoms with Gasteiger partial charge in [0.15, 0.2) is 0 Å². The van der Waals surface area contributed by atoms with Crippen LogP contribution in [0, 0.1) is 0 Å². The molecule has 0 saturated carbocycles. The van der Waals surface area contributed by atoms with Crippen LogP contribution in [-0.4, -0.2) is 25.4 Å². The molecule has 0 amide bonds. The van der Waals surface area contributed by atoms with Gasteiger partial charge in [0.25, 0.3) is 0 Å². The van der Waals surface area contributed by atoms with Gasteiger partial charge < -0.3 is 5.11 Å². The largest absolute Gasteiger partial charge is 0.385 e. The van der Waals surface area contributed by atoms with Gasteiger partial charge in [-0.05, 0) is 38.2 Å². The lowest BCUT2D eigenvalue weighted by molar-refractivity contribution is 0.0472. The summed E-state index contributed by atoms with van der Waals surface area (Å²) >= 11 is 0. The number of hydrogen-bond donors (Lipinski definition) is 1. The van der Waals surface area contributed by atoms with Crippen LogP contribution >= 0.6 is 0 Å². The number of rotatable bonds is 1. The molecule has 14 heavy (non-hydrogen) atoms. The molecule has 2 atom stereocenters. The average molecular weight is 214 g/mol. The van der Waals surface area contributed by atoms with E-state index in [-0.39, 0.29) is 10.5 Å². The molecule has 2 unspecified atom stereocenters. The minimum atomic E-state index is -0.732. The van der Waals surface area contributed by atoms with E-state index in [1.54, 1.807) is 0 Å². The molecule has 0 aromatic rings. The molecule has 0 aromatic carbocycles. The van der Waals surface area contributed by atoms with Crippen LogP contribution < -0.4 is 0 Å². The lowest BCUT2D eigenvalue weighted by Crippen LogP contribution is -2.49. The summed E-state index contributed by atoms with van der Waals surface area (Å²) in [6.07, 6.45) is 4.52. The Labute approximate surface area is 87.9 Å². The summed E-state index contributed by atoms with van der Waals surface area (Å²) in [4.78, 5) is 0. The molecule has 80 valence electrons. The summed E-state index contributed by atoms with van der Waals surface area (Å²) in [6.45, 7) is 5.73. The highest BCUT2D eigenvalue weighted by molar-refractivity contribution is 7.86. The van der Waals surface area contributed by atoms with Crippen LogP contribution in [0.5, 0.6) is 0 Å². The first kappa shape index (κ1) is 10.4. The molecule has 2 saturated heterocycles. The predicted molar refractivity (Wildman–Crippen MR) is 58.6 cm³/mol. The van der Waals surface area contributed by atoms with Crippen molar-refractivity contribution in [1.29, 1.82) is 0 Å². The third kappa shape index (κ3) is 1.57. The first-order valence-corrected chi connectivity index (χ1v) is 6.58. The van der Waals surface area contributed by atoms with E-state index in [9.17, 15) is 9.32 Å². The van der Waals surface area contributed by atoms with E-state index < -0.39 is 16.4 Å². The van der Waals surface area contributed by atoms with E-state index in [2.05, 4.69) is 6.58 Å². The van der Waals surface area contributed by atoms with Crippen molar-refractivity contribution in [3.05, 3.63) is 12.2 Å². The maximum atomic E-state index is 11.9. The molecule has 2 aliphatic rings. The highest BCUT2D eigenvalue weighted by atomic mass is 32.2. The average Bonchev–Trinajstić information content (AvgIpc) is 2.07. The van der Waals surface area contributed by atoms with Gasteiger partial charge in [0.05, 0.1) is 5.60 Å². The number of aliphatic hydroxyl groups is 1. The fourth-order valence-corrected chi connectivity index (χ4v) is 4.85. The van der Waals surface area contributed by atoms with Crippen molar-refractivity contribution in [1.82, 2.24) is 0 Å². The molecule has 2 nitrogen and oxygen atoms in total. The zero-order chi connectivity index (χ0) is 10.3. The number of hydrogen-bond acceptors (Lipinski definition) is 2. The molecule has 2 fully saturated rings. The number of fused-ring (bicyclic) bond motifs is 2. The monoisotopic (exact) mass is 214 g/mol. The first-order valence-electron chi connectivity index (χ1n) is 5.31. The van der Waals surface area contributed by atoms with Crippen LogP contribution in [0.15, 0.2) is 12.2 Å². The van der Waals surface area contributed by atoms with Gasteiger partial charge in [0.2, 0.25) is 0 Å². The highest BCUT2D eigenvalue weighted by Crippen LogP contribution is 2.41. The van der Waals surface area contributed by atoms with Crippen LogP contribution in [0.4, 0.5) is 0 Å². The maximum absolute atomic E-state index is 11.9. The van der Waals surface area contributed by atoms with Crippen molar-refractivity contribution in [2.45, 2.75) is 55.1 Å². The summed E-state index contributed by atoms with van der Waals surface area (Å²) in [6, 6.07) is 0. The fraction of sp³-hybridized carbons (Fsp3) is 0.818. The lowest BCUT2D eigenvalue weighted by Gasteiger charge is -2.43. The van der Waals surface area contributed by atoms with Crippen molar-refractivity contribution in [2.75, 3.05) is 0 Å². The van der Waals surface area contributed by atoms with Crippen LogP contribution in [0.3, 0.4) is 0 Å². The molecule has 2 bridgehead atoms. The van der Waals surface area contributed by atoms with Gasteiger partial charge >= 0.3 is 0 Å². The van der Waals surface area contributed by atoms with Crippen molar-refractivity contribution >= 4 is 10.8 Å². The van der Waals surface area contributed by atoms with E-state index in [0.717, 1.165) is 18.4 Å². The molecule has 1 N–H and O–H groups in total. The van der Waals surface area contributed by atoms with Gasteiger partial charge in [-0.1, -0.05) is 13.0 Å². The fourth-order valence-electron chi connectivity index (χ4n) is 2.63. The second-order valence-corrected chi connectivity index (χ2v) is 6.71. The van der Waals surface area contributed by atoms with E-state index >= 15 is 0 Å². The molecular weight excluding hydrogens is 196 g/mol. The van der Waals surface area contributed by atoms with Gasteiger partial charge in [0.1, 0.15) is 0 Å². The van der Waals surface area contributed by atoms with Crippen molar-refractivity contribution in [3.8, 4) is 0 Å².